The van der Waals surface area contributed by atoms with E-state index in [-0.39, 0.29) is 23.0 Å². The normalized spacial score (nSPS) is 16.0. The molecule has 0 bridgehead atoms. The minimum atomic E-state index is -1.86. The van der Waals surface area contributed by atoms with Crippen LogP contribution in [-0.2, 0) is 23.4 Å². The lowest BCUT2D eigenvalue weighted by Gasteiger charge is -2.28. The zero-order chi connectivity index (χ0) is 25.8. The molecule has 0 unspecified atom stereocenters. The highest BCUT2D eigenvalue weighted by atomic mass is 19.1. The number of benzene rings is 3. The highest BCUT2D eigenvalue weighted by Gasteiger charge is 2.38. The summed E-state index contributed by atoms with van der Waals surface area (Å²) in [5.74, 6) is -0.153. The Balaban J connectivity index is 1.47. The number of rotatable bonds is 9. The van der Waals surface area contributed by atoms with E-state index in [9.17, 15) is 13.9 Å². The van der Waals surface area contributed by atoms with E-state index in [0.717, 1.165) is 32.5 Å². The Hall–Kier alpha value is -3.32. The molecule has 0 radical (unpaired) electrons. The predicted octanol–water partition coefficient (Wildman–Crippen LogP) is 6.33. The second-order valence-corrected chi connectivity index (χ2v) is 9.73. The van der Waals surface area contributed by atoms with Crippen molar-refractivity contribution >= 4 is 0 Å². The molecule has 0 spiro atoms. The first-order chi connectivity index (χ1) is 17.9. The average molecular weight is 504 g/mol. The van der Waals surface area contributed by atoms with E-state index in [4.69, 9.17) is 9.15 Å². The van der Waals surface area contributed by atoms with Crippen LogP contribution in [0.2, 0.25) is 0 Å². The summed E-state index contributed by atoms with van der Waals surface area (Å²) in [6, 6.07) is 23.1. The molecule has 192 valence electrons. The predicted molar refractivity (Wildman–Crippen MR) is 138 cm³/mol. The topological polar surface area (TPSA) is 45.8 Å². The summed E-state index contributed by atoms with van der Waals surface area (Å²) in [5.41, 5.74) is 1.10. The summed E-state index contributed by atoms with van der Waals surface area (Å²) in [7, 11) is 0. The number of hydrogen-bond donors (Lipinski definition) is 1. The maximum atomic E-state index is 14.2. The molecule has 1 fully saturated rings. The van der Waals surface area contributed by atoms with Crippen LogP contribution >= 0.6 is 0 Å². The standard InChI is InChI=1S/C31H31F2NO3/c1-22-7-2-3-8-23(22)19-34(20-28-13-6-16-36-28)21-29-14-15-30(37-29)31(35,24-9-4-11-26(32)17-24)25-10-5-12-27(33)18-25/h2-5,7-12,14-15,17-18,28,35H,6,13,16,19-21H2,1H3/t28-/m1/s1. The highest BCUT2D eigenvalue weighted by Crippen LogP contribution is 2.38. The zero-order valence-corrected chi connectivity index (χ0v) is 20.9. The van der Waals surface area contributed by atoms with Gasteiger partial charge in [0.1, 0.15) is 23.2 Å². The minimum Gasteiger partial charge on any atom is -0.461 e. The van der Waals surface area contributed by atoms with Crippen LogP contribution in [0.25, 0.3) is 0 Å². The van der Waals surface area contributed by atoms with Gasteiger partial charge in [-0.1, -0.05) is 48.5 Å². The number of aryl methyl sites for hydroxylation is 1. The number of ether oxygens (including phenoxy) is 1. The van der Waals surface area contributed by atoms with Crippen LogP contribution in [0.5, 0.6) is 0 Å². The molecule has 2 heterocycles. The van der Waals surface area contributed by atoms with Crippen LogP contribution in [0.3, 0.4) is 0 Å². The van der Waals surface area contributed by atoms with Gasteiger partial charge in [0.2, 0.25) is 0 Å². The largest absolute Gasteiger partial charge is 0.461 e. The first-order valence-corrected chi connectivity index (χ1v) is 12.6. The van der Waals surface area contributed by atoms with Gasteiger partial charge in [-0.25, -0.2) is 8.78 Å². The lowest BCUT2D eigenvalue weighted by molar-refractivity contribution is 0.0629. The Kier molecular flexibility index (Phi) is 7.51. The van der Waals surface area contributed by atoms with Crippen molar-refractivity contribution < 1.29 is 23.0 Å². The molecule has 1 aliphatic rings. The molecular weight excluding hydrogens is 472 g/mol. The van der Waals surface area contributed by atoms with Crippen molar-refractivity contribution in [2.24, 2.45) is 0 Å². The third-order valence-electron chi connectivity index (χ3n) is 7.02. The monoisotopic (exact) mass is 503 g/mol. The van der Waals surface area contributed by atoms with E-state index < -0.39 is 17.2 Å². The smallest absolute Gasteiger partial charge is 0.173 e. The van der Waals surface area contributed by atoms with Crippen LogP contribution in [-0.4, -0.2) is 29.3 Å². The number of nitrogens with zero attached hydrogens (tertiary/aromatic N) is 1. The van der Waals surface area contributed by atoms with Gasteiger partial charge in [-0.05, 0) is 78.4 Å². The van der Waals surface area contributed by atoms with Crippen molar-refractivity contribution in [2.75, 3.05) is 13.2 Å². The Labute approximate surface area is 216 Å². The molecule has 1 saturated heterocycles. The zero-order valence-electron chi connectivity index (χ0n) is 20.9. The van der Waals surface area contributed by atoms with E-state index >= 15 is 0 Å². The molecule has 1 atom stereocenters. The molecule has 1 N–H and O–H groups in total. The fraction of sp³-hybridized carbons (Fsp3) is 0.290. The Morgan fingerprint density at radius 3 is 2.22 bits per heavy atom. The summed E-state index contributed by atoms with van der Waals surface area (Å²) in [4.78, 5) is 2.28. The molecule has 0 aliphatic carbocycles. The maximum absolute atomic E-state index is 14.2. The minimum absolute atomic E-state index is 0.162. The molecule has 37 heavy (non-hydrogen) atoms. The van der Waals surface area contributed by atoms with E-state index in [1.165, 1.54) is 47.5 Å². The molecule has 0 amide bonds. The second-order valence-electron chi connectivity index (χ2n) is 9.73. The first kappa shape index (κ1) is 25.3. The van der Waals surface area contributed by atoms with E-state index in [2.05, 4.69) is 24.0 Å². The average Bonchev–Trinajstić information content (AvgIpc) is 3.57. The van der Waals surface area contributed by atoms with Crippen LogP contribution in [0, 0.1) is 18.6 Å². The summed E-state index contributed by atoms with van der Waals surface area (Å²) in [6.45, 7) is 4.85. The van der Waals surface area contributed by atoms with Crippen molar-refractivity contribution in [1.29, 1.82) is 0 Å². The molecule has 1 aliphatic heterocycles. The molecule has 4 aromatic rings. The molecule has 6 heteroatoms. The highest BCUT2D eigenvalue weighted by molar-refractivity contribution is 5.44. The molecule has 1 aromatic heterocycles. The second kappa shape index (κ2) is 11.0. The van der Waals surface area contributed by atoms with Gasteiger partial charge in [0.25, 0.3) is 0 Å². The van der Waals surface area contributed by atoms with Gasteiger partial charge in [0.15, 0.2) is 5.60 Å². The van der Waals surface area contributed by atoms with Gasteiger partial charge in [-0.2, -0.15) is 0 Å². The lowest BCUT2D eigenvalue weighted by Crippen LogP contribution is -2.31. The van der Waals surface area contributed by atoms with E-state index in [0.29, 0.717) is 12.3 Å². The van der Waals surface area contributed by atoms with Crippen molar-refractivity contribution in [1.82, 2.24) is 4.90 Å². The molecule has 4 nitrogen and oxygen atoms in total. The van der Waals surface area contributed by atoms with Gasteiger partial charge >= 0.3 is 0 Å². The third-order valence-corrected chi connectivity index (χ3v) is 7.02. The molecule has 0 saturated carbocycles. The van der Waals surface area contributed by atoms with Crippen molar-refractivity contribution in [3.05, 3.63) is 130 Å². The molecule has 3 aromatic carbocycles. The number of hydrogen-bond acceptors (Lipinski definition) is 4. The van der Waals surface area contributed by atoms with Gasteiger partial charge in [-0.15, -0.1) is 0 Å². The number of halogens is 2. The Morgan fingerprint density at radius 1 is 0.892 bits per heavy atom. The first-order valence-electron chi connectivity index (χ1n) is 12.6. The van der Waals surface area contributed by atoms with Gasteiger partial charge in [0.05, 0.1) is 12.6 Å². The molecule has 5 rings (SSSR count). The third kappa shape index (κ3) is 5.67. The fourth-order valence-corrected chi connectivity index (χ4v) is 5.05. The number of aliphatic hydroxyl groups is 1. The van der Waals surface area contributed by atoms with Crippen molar-refractivity contribution in [3.63, 3.8) is 0 Å². The maximum Gasteiger partial charge on any atom is 0.173 e. The lowest BCUT2D eigenvalue weighted by atomic mass is 9.84. The Morgan fingerprint density at radius 2 is 1.59 bits per heavy atom. The SMILES string of the molecule is Cc1ccccc1CN(Cc1ccc(C(O)(c2cccc(F)c2)c2cccc(F)c2)o1)C[C@H]1CCCO1. The van der Waals surface area contributed by atoms with E-state index in [1.54, 1.807) is 18.2 Å². The van der Waals surface area contributed by atoms with Gasteiger partial charge in [0, 0.05) is 19.7 Å². The van der Waals surface area contributed by atoms with Gasteiger partial charge < -0.3 is 14.3 Å². The van der Waals surface area contributed by atoms with Crippen molar-refractivity contribution in [2.45, 2.75) is 44.6 Å². The van der Waals surface area contributed by atoms with Gasteiger partial charge in [-0.3, -0.25) is 4.90 Å². The van der Waals surface area contributed by atoms with E-state index in [1.807, 2.05) is 18.2 Å². The summed E-state index contributed by atoms with van der Waals surface area (Å²) in [5, 5.41) is 12.0. The summed E-state index contributed by atoms with van der Waals surface area (Å²) >= 11 is 0. The summed E-state index contributed by atoms with van der Waals surface area (Å²) < 4.78 is 40.5. The quantitative estimate of drug-likeness (QED) is 0.290. The van der Waals surface area contributed by atoms with Crippen LogP contribution < -0.4 is 0 Å². The molecular formula is C31H31F2NO3. The van der Waals surface area contributed by atoms with Crippen LogP contribution in [0.15, 0.2) is 89.3 Å². The summed E-state index contributed by atoms with van der Waals surface area (Å²) in [6.07, 6.45) is 2.24. The number of furan rings is 1. The van der Waals surface area contributed by atoms with Crippen LogP contribution in [0.4, 0.5) is 8.78 Å². The van der Waals surface area contributed by atoms with Crippen molar-refractivity contribution in [3.8, 4) is 0 Å². The fourth-order valence-electron chi connectivity index (χ4n) is 5.05. The Bertz CT molecular complexity index is 1300. The van der Waals surface area contributed by atoms with Crippen LogP contribution in [0.1, 0.15) is 46.6 Å².